The molecule has 202 valence electrons. The average Bonchev–Trinajstić information content (AvgIpc) is 2.86. The van der Waals surface area contributed by atoms with Crippen molar-refractivity contribution in [1.82, 2.24) is 10.2 Å². The molecule has 7 nitrogen and oxygen atoms in total. The first kappa shape index (κ1) is 29.5. The fourth-order valence-electron chi connectivity index (χ4n) is 3.77. The Morgan fingerprint density at radius 1 is 0.895 bits per heavy atom. The molecule has 0 aliphatic carbocycles. The molecule has 0 heterocycles. The zero-order valence-electron chi connectivity index (χ0n) is 21.7. The van der Waals surface area contributed by atoms with Crippen molar-refractivity contribution in [2.75, 3.05) is 10.8 Å². The third-order valence-corrected chi connectivity index (χ3v) is 8.12. The van der Waals surface area contributed by atoms with E-state index in [1.165, 1.54) is 35.2 Å². The molecular formula is C28H31Cl2N3O4S. The predicted molar refractivity (Wildman–Crippen MR) is 152 cm³/mol. The van der Waals surface area contributed by atoms with Gasteiger partial charge in [0, 0.05) is 22.6 Å². The molecule has 0 spiro atoms. The monoisotopic (exact) mass is 575 g/mol. The first-order valence-corrected chi connectivity index (χ1v) is 14.3. The number of benzene rings is 3. The van der Waals surface area contributed by atoms with Crippen molar-refractivity contribution < 1.29 is 18.0 Å². The quantitative estimate of drug-likeness (QED) is 0.348. The van der Waals surface area contributed by atoms with Crippen molar-refractivity contribution in [2.24, 2.45) is 0 Å². The third kappa shape index (κ3) is 7.49. The first-order valence-electron chi connectivity index (χ1n) is 12.1. The summed E-state index contributed by atoms with van der Waals surface area (Å²) in [6, 6.07) is 18.5. The fourth-order valence-corrected chi connectivity index (χ4v) is 5.49. The number of nitrogens with one attached hydrogen (secondary N) is 1. The van der Waals surface area contributed by atoms with E-state index in [1.54, 1.807) is 25.1 Å². The van der Waals surface area contributed by atoms with E-state index in [4.69, 9.17) is 23.2 Å². The molecule has 38 heavy (non-hydrogen) atoms. The van der Waals surface area contributed by atoms with Gasteiger partial charge in [-0.15, -0.1) is 0 Å². The molecular weight excluding hydrogens is 545 g/mol. The van der Waals surface area contributed by atoms with Gasteiger partial charge in [-0.3, -0.25) is 13.9 Å². The van der Waals surface area contributed by atoms with E-state index in [0.717, 1.165) is 15.4 Å². The smallest absolute Gasteiger partial charge is 0.264 e. The molecule has 0 fully saturated rings. The lowest BCUT2D eigenvalue weighted by molar-refractivity contribution is -0.139. The molecule has 3 aromatic rings. The van der Waals surface area contributed by atoms with E-state index < -0.39 is 28.5 Å². The molecule has 0 aliphatic heterocycles. The largest absolute Gasteiger partial charge is 0.352 e. The predicted octanol–water partition coefficient (Wildman–Crippen LogP) is 5.44. The van der Waals surface area contributed by atoms with Crippen LogP contribution in [-0.2, 0) is 26.2 Å². The summed E-state index contributed by atoms with van der Waals surface area (Å²) in [6.45, 7) is 6.82. The summed E-state index contributed by atoms with van der Waals surface area (Å²) in [5.74, 6) is -0.884. The zero-order valence-corrected chi connectivity index (χ0v) is 24.0. The third-order valence-electron chi connectivity index (χ3n) is 5.85. The number of aryl methyl sites for hydroxylation is 1. The summed E-state index contributed by atoms with van der Waals surface area (Å²) in [4.78, 5) is 28.1. The highest BCUT2D eigenvalue weighted by molar-refractivity contribution is 7.92. The molecule has 0 radical (unpaired) electrons. The Bertz CT molecular complexity index is 1380. The Hall–Kier alpha value is -3.07. The maximum absolute atomic E-state index is 13.8. The molecule has 3 aromatic carbocycles. The van der Waals surface area contributed by atoms with Crippen LogP contribution in [0, 0.1) is 6.92 Å². The number of carbonyl (C=O) groups is 2. The van der Waals surface area contributed by atoms with E-state index in [9.17, 15) is 18.0 Å². The number of rotatable bonds is 10. The Balaban J connectivity index is 2.03. The zero-order chi connectivity index (χ0) is 28.0. The molecule has 0 saturated carbocycles. The van der Waals surface area contributed by atoms with Crippen LogP contribution in [0.4, 0.5) is 5.69 Å². The van der Waals surface area contributed by atoms with Gasteiger partial charge in [0.1, 0.15) is 12.6 Å². The number of anilines is 1. The molecule has 0 unspecified atom stereocenters. The second-order valence-electron chi connectivity index (χ2n) is 9.29. The molecule has 0 aromatic heterocycles. The maximum atomic E-state index is 13.8. The number of hydrogen-bond acceptors (Lipinski definition) is 4. The SMILES string of the molecule is Cc1ccc(CN(C(=O)CN(c2cccc(Cl)c2)S(=O)(=O)c2ccc(Cl)cc2)[C@H](C)C(=O)NC(C)C)cc1. The molecule has 1 N–H and O–H groups in total. The number of nitrogens with zero attached hydrogens (tertiary/aromatic N) is 2. The van der Waals surface area contributed by atoms with Crippen molar-refractivity contribution in [2.45, 2.75) is 51.2 Å². The lowest BCUT2D eigenvalue weighted by Gasteiger charge is -2.32. The van der Waals surface area contributed by atoms with Gasteiger partial charge in [0.25, 0.3) is 10.0 Å². The summed E-state index contributed by atoms with van der Waals surface area (Å²) in [5, 5.41) is 3.52. The molecule has 0 bridgehead atoms. The second-order valence-corrected chi connectivity index (χ2v) is 12.0. The van der Waals surface area contributed by atoms with Gasteiger partial charge in [0.05, 0.1) is 10.6 Å². The minimum Gasteiger partial charge on any atom is -0.352 e. The van der Waals surface area contributed by atoms with Crippen LogP contribution in [0.15, 0.2) is 77.7 Å². The van der Waals surface area contributed by atoms with E-state index in [0.29, 0.717) is 10.0 Å². The Labute approximate surface area is 234 Å². The van der Waals surface area contributed by atoms with Crippen LogP contribution in [0.25, 0.3) is 0 Å². The van der Waals surface area contributed by atoms with Crippen molar-refractivity contribution in [3.63, 3.8) is 0 Å². The Morgan fingerprint density at radius 3 is 2.11 bits per heavy atom. The molecule has 0 saturated heterocycles. The van der Waals surface area contributed by atoms with Crippen LogP contribution in [0.2, 0.25) is 10.0 Å². The van der Waals surface area contributed by atoms with Gasteiger partial charge in [-0.2, -0.15) is 0 Å². The number of halogens is 2. The summed E-state index contributed by atoms with van der Waals surface area (Å²) >= 11 is 12.1. The van der Waals surface area contributed by atoms with E-state index >= 15 is 0 Å². The van der Waals surface area contributed by atoms with E-state index in [2.05, 4.69) is 5.32 Å². The van der Waals surface area contributed by atoms with Gasteiger partial charge in [-0.1, -0.05) is 59.1 Å². The van der Waals surface area contributed by atoms with Crippen LogP contribution < -0.4 is 9.62 Å². The number of hydrogen-bond donors (Lipinski definition) is 1. The highest BCUT2D eigenvalue weighted by atomic mass is 35.5. The maximum Gasteiger partial charge on any atom is 0.264 e. The molecule has 10 heteroatoms. The average molecular weight is 577 g/mol. The number of carbonyl (C=O) groups excluding carboxylic acids is 2. The highest BCUT2D eigenvalue weighted by Crippen LogP contribution is 2.27. The van der Waals surface area contributed by atoms with Crippen molar-refractivity contribution in [1.29, 1.82) is 0 Å². The van der Waals surface area contributed by atoms with Gasteiger partial charge in [-0.25, -0.2) is 8.42 Å². The molecule has 1 atom stereocenters. The fraction of sp³-hybridized carbons (Fsp3) is 0.286. The Kier molecular flexibility index (Phi) is 9.82. The van der Waals surface area contributed by atoms with E-state index in [1.807, 2.05) is 45.0 Å². The summed E-state index contributed by atoms with van der Waals surface area (Å²) in [5.41, 5.74) is 2.08. The van der Waals surface area contributed by atoms with Crippen LogP contribution in [0.5, 0.6) is 0 Å². The normalized spacial score (nSPS) is 12.2. The molecule has 3 rings (SSSR count). The van der Waals surface area contributed by atoms with Crippen molar-refractivity contribution in [3.8, 4) is 0 Å². The van der Waals surface area contributed by atoms with Crippen LogP contribution >= 0.6 is 23.2 Å². The van der Waals surface area contributed by atoms with Gasteiger partial charge >= 0.3 is 0 Å². The van der Waals surface area contributed by atoms with Crippen LogP contribution in [0.1, 0.15) is 31.9 Å². The minimum atomic E-state index is -4.19. The standard InChI is InChI=1S/C28H31Cl2N3O4S/c1-19(2)31-28(35)21(4)32(17-22-10-8-20(3)9-11-22)27(34)18-33(25-7-5-6-24(30)16-25)38(36,37)26-14-12-23(29)13-15-26/h5-16,19,21H,17-18H2,1-4H3,(H,31,35)/t21-/m1/s1. The Morgan fingerprint density at radius 2 is 1.53 bits per heavy atom. The highest BCUT2D eigenvalue weighted by Gasteiger charge is 2.32. The number of sulfonamides is 1. The van der Waals surface area contributed by atoms with Gasteiger partial charge in [-0.05, 0) is 75.7 Å². The first-order chi connectivity index (χ1) is 17.9. The van der Waals surface area contributed by atoms with Crippen molar-refractivity contribution in [3.05, 3.63) is 94.0 Å². The minimum absolute atomic E-state index is 0.0367. The number of amides is 2. The second kappa shape index (κ2) is 12.7. The van der Waals surface area contributed by atoms with Gasteiger partial charge in [0.15, 0.2) is 0 Å². The van der Waals surface area contributed by atoms with Gasteiger partial charge in [0.2, 0.25) is 11.8 Å². The van der Waals surface area contributed by atoms with Crippen LogP contribution in [-0.4, -0.2) is 43.8 Å². The van der Waals surface area contributed by atoms with E-state index in [-0.39, 0.29) is 29.1 Å². The van der Waals surface area contributed by atoms with Gasteiger partial charge < -0.3 is 10.2 Å². The van der Waals surface area contributed by atoms with Crippen LogP contribution in [0.3, 0.4) is 0 Å². The molecule has 0 aliphatic rings. The topological polar surface area (TPSA) is 86.8 Å². The lowest BCUT2D eigenvalue weighted by atomic mass is 10.1. The summed E-state index contributed by atoms with van der Waals surface area (Å²) in [7, 11) is -4.19. The molecule has 2 amide bonds. The summed E-state index contributed by atoms with van der Waals surface area (Å²) in [6.07, 6.45) is 0. The summed E-state index contributed by atoms with van der Waals surface area (Å²) < 4.78 is 28.5. The van der Waals surface area contributed by atoms with Crippen molar-refractivity contribution >= 4 is 50.7 Å². The lowest BCUT2D eigenvalue weighted by Crippen LogP contribution is -2.52.